The largest absolute Gasteiger partial charge is 0.263 e. The Morgan fingerprint density at radius 3 is 2.24 bits per heavy atom. The van der Waals surface area contributed by atoms with Crippen LogP contribution in [0.3, 0.4) is 0 Å². The van der Waals surface area contributed by atoms with Crippen molar-refractivity contribution < 1.29 is 8.42 Å². The third kappa shape index (κ3) is 2.57. The van der Waals surface area contributed by atoms with E-state index in [-0.39, 0.29) is 20.1 Å². The molecule has 2 rings (SSSR count). The maximum Gasteiger partial charge on any atom is 0.208 e. The van der Waals surface area contributed by atoms with Crippen LogP contribution < -0.4 is 0 Å². The molecule has 0 aliphatic heterocycles. The van der Waals surface area contributed by atoms with Crippen LogP contribution in [0.1, 0.15) is 0 Å². The summed E-state index contributed by atoms with van der Waals surface area (Å²) >= 11 is 11.3. The second kappa shape index (κ2) is 4.60. The van der Waals surface area contributed by atoms with Gasteiger partial charge in [0.05, 0.1) is 9.79 Å². The van der Waals surface area contributed by atoms with E-state index in [1.54, 1.807) is 0 Å². The molecule has 0 N–H and O–H groups in total. The molecule has 0 saturated heterocycles. The summed E-state index contributed by atoms with van der Waals surface area (Å²) in [4.78, 5) is 7.53. The Bertz CT molecular complexity index is 624. The monoisotopic (exact) mass is 288 g/mol. The minimum atomic E-state index is -3.66. The van der Waals surface area contributed by atoms with Crippen LogP contribution in [0.4, 0.5) is 0 Å². The van der Waals surface area contributed by atoms with Crippen LogP contribution >= 0.6 is 23.2 Å². The van der Waals surface area contributed by atoms with Gasteiger partial charge in [-0.3, -0.25) is 4.98 Å². The Hall–Kier alpha value is -1.17. The Morgan fingerprint density at radius 2 is 1.71 bits per heavy atom. The number of hydrogen-bond donors (Lipinski definition) is 0. The highest BCUT2D eigenvalue weighted by molar-refractivity contribution is 7.91. The third-order valence-corrected chi connectivity index (χ3v) is 4.10. The molecule has 0 amide bonds. The summed E-state index contributed by atoms with van der Waals surface area (Å²) in [6.07, 6.45) is 2.75. The van der Waals surface area contributed by atoms with E-state index >= 15 is 0 Å². The van der Waals surface area contributed by atoms with E-state index in [1.807, 2.05) is 0 Å². The fourth-order valence-electron chi connectivity index (χ4n) is 1.24. The SMILES string of the molecule is O=S(=O)(c1cccnc1)c1cc(Cl)nc(Cl)c1. The van der Waals surface area contributed by atoms with Gasteiger partial charge in [-0.05, 0) is 24.3 Å². The fourth-order valence-corrected chi connectivity index (χ4v) is 3.09. The molecular weight excluding hydrogens is 283 g/mol. The average molecular weight is 289 g/mol. The van der Waals surface area contributed by atoms with E-state index < -0.39 is 9.84 Å². The van der Waals surface area contributed by atoms with E-state index in [0.29, 0.717) is 0 Å². The molecule has 0 fully saturated rings. The molecule has 0 aromatic carbocycles. The minimum absolute atomic E-state index is 0.00417. The first-order valence-electron chi connectivity index (χ1n) is 4.48. The van der Waals surface area contributed by atoms with E-state index in [0.717, 1.165) is 0 Å². The zero-order valence-corrected chi connectivity index (χ0v) is 10.7. The number of halogens is 2. The van der Waals surface area contributed by atoms with Crippen molar-refractivity contribution in [1.29, 1.82) is 0 Å². The summed E-state index contributed by atoms with van der Waals surface area (Å²) in [7, 11) is -3.66. The number of rotatable bonds is 2. The fraction of sp³-hybridized carbons (Fsp3) is 0. The van der Waals surface area contributed by atoms with Crippen molar-refractivity contribution in [2.24, 2.45) is 0 Å². The molecule has 2 aromatic heterocycles. The highest BCUT2D eigenvalue weighted by Gasteiger charge is 2.19. The second-order valence-corrected chi connectivity index (χ2v) is 5.86. The quantitative estimate of drug-likeness (QED) is 0.797. The first-order chi connectivity index (χ1) is 8.00. The van der Waals surface area contributed by atoms with Crippen LogP contribution in [0.2, 0.25) is 10.3 Å². The molecule has 7 heteroatoms. The van der Waals surface area contributed by atoms with Crippen LogP contribution in [0.5, 0.6) is 0 Å². The molecule has 2 aromatic rings. The van der Waals surface area contributed by atoms with Crippen LogP contribution in [0.25, 0.3) is 0 Å². The highest BCUT2D eigenvalue weighted by Crippen LogP contribution is 2.24. The Morgan fingerprint density at radius 1 is 1.06 bits per heavy atom. The van der Waals surface area contributed by atoms with Gasteiger partial charge in [0.15, 0.2) is 0 Å². The zero-order valence-electron chi connectivity index (χ0n) is 8.34. The van der Waals surface area contributed by atoms with Crippen molar-refractivity contribution in [3.63, 3.8) is 0 Å². The lowest BCUT2D eigenvalue weighted by Crippen LogP contribution is -2.02. The zero-order chi connectivity index (χ0) is 12.5. The van der Waals surface area contributed by atoms with Gasteiger partial charge in [-0.2, -0.15) is 0 Å². The highest BCUT2D eigenvalue weighted by atomic mass is 35.5. The Kier molecular flexibility index (Phi) is 3.33. The summed E-state index contributed by atoms with van der Waals surface area (Å²) in [6.45, 7) is 0. The second-order valence-electron chi connectivity index (χ2n) is 3.14. The van der Waals surface area contributed by atoms with Gasteiger partial charge in [0.25, 0.3) is 0 Å². The Labute approximate surface area is 108 Å². The lowest BCUT2D eigenvalue weighted by Gasteiger charge is -2.04. The lowest BCUT2D eigenvalue weighted by molar-refractivity contribution is 0.595. The van der Waals surface area contributed by atoms with Gasteiger partial charge in [0, 0.05) is 12.4 Å². The molecule has 0 radical (unpaired) electrons. The standard InChI is InChI=1S/C10H6Cl2N2O2S/c11-9-4-8(5-10(12)14-9)17(15,16)7-2-1-3-13-6-7/h1-6H. The summed E-state index contributed by atoms with van der Waals surface area (Å²) in [6, 6.07) is 5.48. The van der Waals surface area contributed by atoms with Gasteiger partial charge in [-0.15, -0.1) is 0 Å². The van der Waals surface area contributed by atoms with Gasteiger partial charge in [0.1, 0.15) is 10.3 Å². The van der Waals surface area contributed by atoms with Gasteiger partial charge < -0.3 is 0 Å². The molecule has 88 valence electrons. The summed E-state index contributed by atoms with van der Waals surface area (Å²) < 4.78 is 24.3. The van der Waals surface area contributed by atoms with Crippen LogP contribution in [-0.2, 0) is 9.84 Å². The van der Waals surface area contributed by atoms with E-state index in [2.05, 4.69) is 9.97 Å². The van der Waals surface area contributed by atoms with Crippen molar-refractivity contribution in [1.82, 2.24) is 9.97 Å². The molecule has 2 heterocycles. The number of hydrogen-bond acceptors (Lipinski definition) is 4. The summed E-state index contributed by atoms with van der Waals surface area (Å²) in [5, 5.41) is 0.0555. The van der Waals surface area contributed by atoms with Gasteiger partial charge >= 0.3 is 0 Å². The molecule has 0 atom stereocenters. The number of pyridine rings is 2. The van der Waals surface area contributed by atoms with E-state index in [1.165, 1.54) is 36.7 Å². The topological polar surface area (TPSA) is 59.9 Å². The number of nitrogens with zero attached hydrogens (tertiary/aromatic N) is 2. The number of aromatic nitrogens is 2. The molecule has 0 unspecified atom stereocenters. The van der Waals surface area contributed by atoms with Gasteiger partial charge in [-0.1, -0.05) is 23.2 Å². The van der Waals surface area contributed by atoms with E-state index in [9.17, 15) is 8.42 Å². The van der Waals surface area contributed by atoms with Crippen molar-refractivity contribution in [3.05, 3.63) is 47.0 Å². The number of sulfone groups is 1. The van der Waals surface area contributed by atoms with Crippen LogP contribution in [0, 0.1) is 0 Å². The van der Waals surface area contributed by atoms with Gasteiger partial charge in [-0.25, -0.2) is 13.4 Å². The average Bonchev–Trinajstić information content (AvgIpc) is 2.29. The molecule has 0 saturated carbocycles. The third-order valence-electron chi connectivity index (χ3n) is 1.99. The first kappa shape index (κ1) is 12.3. The predicted octanol–water partition coefficient (Wildman–Crippen LogP) is 2.62. The van der Waals surface area contributed by atoms with Crippen molar-refractivity contribution >= 4 is 33.0 Å². The predicted molar refractivity (Wildman–Crippen MR) is 63.9 cm³/mol. The van der Waals surface area contributed by atoms with Crippen molar-refractivity contribution in [2.45, 2.75) is 9.79 Å². The maximum atomic E-state index is 12.2. The van der Waals surface area contributed by atoms with Crippen molar-refractivity contribution in [3.8, 4) is 0 Å². The molecular formula is C10H6Cl2N2O2S. The van der Waals surface area contributed by atoms with Crippen LogP contribution in [-0.4, -0.2) is 18.4 Å². The van der Waals surface area contributed by atoms with Gasteiger partial charge in [0.2, 0.25) is 9.84 Å². The molecule has 0 spiro atoms. The minimum Gasteiger partial charge on any atom is -0.263 e. The Balaban J connectivity index is 2.60. The lowest BCUT2D eigenvalue weighted by atomic mass is 10.5. The van der Waals surface area contributed by atoms with E-state index in [4.69, 9.17) is 23.2 Å². The molecule has 17 heavy (non-hydrogen) atoms. The maximum absolute atomic E-state index is 12.2. The molecule has 0 aliphatic rings. The first-order valence-corrected chi connectivity index (χ1v) is 6.72. The van der Waals surface area contributed by atoms with Crippen molar-refractivity contribution in [2.75, 3.05) is 0 Å². The summed E-state index contributed by atoms with van der Waals surface area (Å²) in [5.41, 5.74) is 0. The molecule has 4 nitrogen and oxygen atoms in total. The molecule has 0 aliphatic carbocycles. The summed E-state index contributed by atoms with van der Waals surface area (Å²) in [5.74, 6) is 0. The van der Waals surface area contributed by atoms with Crippen LogP contribution in [0.15, 0.2) is 46.5 Å². The molecule has 0 bridgehead atoms. The normalized spacial score (nSPS) is 11.4. The smallest absolute Gasteiger partial charge is 0.208 e.